The Hall–Kier alpha value is -0.195. The fraction of sp³-hybridized carbons (Fsp3) is 0.778. The fourth-order valence-corrected chi connectivity index (χ4v) is 1.44. The predicted octanol–water partition coefficient (Wildman–Crippen LogP) is 3.42. The maximum atomic E-state index is 2.31. The van der Waals surface area contributed by atoms with Crippen LogP contribution < -0.4 is 0 Å². The Balaban J connectivity index is 3.98. The van der Waals surface area contributed by atoms with E-state index in [9.17, 15) is 0 Å². The van der Waals surface area contributed by atoms with Crippen molar-refractivity contribution in [3.05, 3.63) is 12.1 Å². The van der Waals surface area contributed by atoms with Crippen molar-refractivity contribution in [1.82, 2.24) is 0 Å². The summed E-state index contributed by atoms with van der Waals surface area (Å²) in [5.74, 6) is 3.86. The Kier molecular flexibility index (Phi) is 4.50. The maximum absolute atomic E-state index is 2.31. The van der Waals surface area contributed by atoms with Gasteiger partial charge in [0.2, 0.25) is 0 Å². The largest absolute Gasteiger partial charge is 0.171 e. The summed E-state index contributed by atoms with van der Waals surface area (Å²) < 4.78 is 0. The van der Waals surface area contributed by atoms with Crippen molar-refractivity contribution in [2.45, 2.75) is 46.3 Å². The smallest absolute Gasteiger partial charge is 0.119 e. The summed E-state index contributed by atoms with van der Waals surface area (Å²) in [6, 6.07) is 0. The first kappa shape index (κ1) is 9.80. The van der Waals surface area contributed by atoms with Crippen LogP contribution in [0.5, 0.6) is 0 Å². The van der Waals surface area contributed by atoms with E-state index in [0.717, 1.165) is 18.3 Å². The van der Waals surface area contributed by atoms with E-state index in [4.69, 9.17) is 0 Å². The molecule has 0 spiro atoms. The van der Waals surface area contributed by atoms with Gasteiger partial charge in [0.15, 0.2) is 6.71 Å². The highest BCUT2D eigenvalue weighted by atomic mass is 13.9. The highest BCUT2D eigenvalue weighted by Crippen LogP contribution is 2.20. The maximum Gasteiger partial charge on any atom is 0.171 e. The predicted molar refractivity (Wildman–Crippen MR) is 50.8 cm³/mol. The van der Waals surface area contributed by atoms with Gasteiger partial charge in [-0.05, 0) is 6.92 Å². The molecule has 0 aliphatic heterocycles. The van der Waals surface area contributed by atoms with Gasteiger partial charge in [0.05, 0.1) is 0 Å². The van der Waals surface area contributed by atoms with Crippen LogP contribution in [-0.4, -0.2) is 6.71 Å². The van der Waals surface area contributed by atoms with Crippen molar-refractivity contribution in [3.63, 3.8) is 0 Å². The molecule has 0 atom stereocenters. The van der Waals surface area contributed by atoms with E-state index < -0.39 is 0 Å². The molecule has 0 bridgehead atoms. The van der Waals surface area contributed by atoms with Gasteiger partial charge in [-0.25, -0.2) is 0 Å². The summed E-state index contributed by atoms with van der Waals surface area (Å²) >= 11 is 0. The lowest BCUT2D eigenvalue weighted by atomic mass is 9.35. The Bertz CT molecular complexity index is 95.3. The van der Waals surface area contributed by atoms with Gasteiger partial charge in [-0.1, -0.05) is 39.3 Å². The summed E-state index contributed by atoms with van der Waals surface area (Å²) in [7, 11) is 0. The van der Waals surface area contributed by atoms with E-state index in [2.05, 4.69) is 46.7 Å². The second kappa shape index (κ2) is 4.59. The monoisotopic (exact) mass is 138 g/mol. The van der Waals surface area contributed by atoms with Crippen LogP contribution in [0.2, 0.25) is 11.6 Å². The normalized spacial score (nSPS) is 11.9. The fourth-order valence-electron chi connectivity index (χ4n) is 1.44. The van der Waals surface area contributed by atoms with E-state index in [1.807, 2.05) is 0 Å². The van der Waals surface area contributed by atoms with Gasteiger partial charge >= 0.3 is 0 Å². The van der Waals surface area contributed by atoms with Gasteiger partial charge in [0, 0.05) is 0 Å². The highest BCUT2D eigenvalue weighted by Gasteiger charge is 2.17. The highest BCUT2D eigenvalue weighted by molar-refractivity contribution is 6.66. The third kappa shape index (κ3) is 3.10. The minimum absolute atomic E-state index is 0.755. The molecule has 0 aromatic carbocycles. The minimum atomic E-state index is 0.755. The first-order valence-electron chi connectivity index (χ1n) is 4.22. The Morgan fingerprint density at radius 2 is 1.40 bits per heavy atom. The summed E-state index contributed by atoms with van der Waals surface area (Å²) in [5, 5.41) is 0. The van der Waals surface area contributed by atoms with Crippen LogP contribution >= 0.6 is 0 Å². The molecule has 0 aromatic heterocycles. The lowest BCUT2D eigenvalue weighted by molar-refractivity contribution is 0.950. The van der Waals surface area contributed by atoms with Crippen molar-refractivity contribution in [3.8, 4) is 0 Å². The average molecular weight is 138 g/mol. The van der Waals surface area contributed by atoms with E-state index >= 15 is 0 Å². The zero-order chi connectivity index (χ0) is 8.15. The molecule has 0 aromatic rings. The van der Waals surface area contributed by atoms with Gasteiger partial charge in [0.25, 0.3) is 0 Å². The van der Waals surface area contributed by atoms with Crippen LogP contribution in [-0.2, 0) is 0 Å². The van der Waals surface area contributed by atoms with Crippen molar-refractivity contribution in [2.24, 2.45) is 0 Å². The molecule has 58 valence electrons. The molecular weight excluding hydrogens is 119 g/mol. The number of allylic oxidation sites excluding steroid dienone is 1. The second-order valence-corrected chi connectivity index (χ2v) is 3.59. The van der Waals surface area contributed by atoms with Gasteiger partial charge < -0.3 is 0 Å². The summed E-state index contributed by atoms with van der Waals surface area (Å²) in [6.07, 6.45) is 2.16. The van der Waals surface area contributed by atoms with E-state index in [0.29, 0.717) is 0 Å². The van der Waals surface area contributed by atoms with Crippen molar-refractivity contribution >= 4 is 6.71 Å². The van der Waals surface area contributed by atoms with Crippen molar-refractivity contribution in [2.75, 3.05) is 0 Å². The van der Waals surface area contributed by atoms with E-state index in [1.165, 1.54) is 0 Å². The second-order valence-electron chi connectivity index (χ2n) is 3.59. The molecule has 0 heterocycles. The average Bonchev–Trinajstić information content (AvgIpc) is 1.81. The molecule has 0 amide bonds. The molecule has 0 rings (SSSR count). The zero-order valence-electron chi connectivity index (χ0n) is 7.89. The summed E-state index contributed by atoms with van der Waals surface area (Å²) in [5.41, 5.74) is 0. The van der Waals surface area contributed by atoms with Crippen LogP contribution in [0, 0.1) is 0 Å². The SMILES string of the molecule is CC=CB(C(C)C)C(C)C. The van der Waals surface area contributed by atoms with Crippen molar-refractivity contribution in [1.29, 1.82) is 0 Å². The van der Waals surface area contributed by atoms with Crippen LogP contribution in [0.3, 0.4) is 0 Å². The first-order valence-corrected chi connectivity index (χ1v) is 4.22. The van der Waals surface area contributed by atoms with Gasteiger partial charge in [-0.3, -0.25) is 0 Å². The zero-order valence-corrected chi connectivity index (χ0v) is 7.89. The quantitative estimate of drug-likeness (QED) is 0.524. The van der Waals surface area contributed by atoms with E-state index in [-0.39, 0.29) is 0 Å². The van der Waals surface area contributed by atoms with Gasteiger partial charge in [0.1, 0.15) is 0 Å². The lowest BCUT2D eigenvalue weighted by Gasteiger charge is -2.16. The first-order chi connectivity index (χ1) is 4.59. The molecule has 0 radical (unpaired) electrons. The minimum Gasteiger partial charge on any atom is -0.119 e. The molecule has 0 N–H and O–H groups in total. The van der Waals surface area contributed by atoms with Crippen LogP contribution in [0.4, 0.5) is 0 Å². The van der Waals surface area contributed by atoms with Crippen LogP contribution in [0.25, 0.3) is 0 Å². The summed E-state index contributed by atoms with van der Waals surface area (Å²) in [4.78, 5) is 0. The molecule has 10 heavy (non-hydrogen) atoms. The van der Waals surface area contributed by atoms with Crippen LogP contribution in [0.15, 0.2) is 12.1 Å². The lowest BCUT2D eigenvalue weighted by Crippen LogP contribution is -2.17. The molecule has 0 saturated carbocycles. The Labute approximate surface area is 65.8 Å². The molecule has 0 unspecified atom stereocenters. The summed E-state index contributed by atoms with van der Waals surface area (Å²) in [6.45, 7) is 12.0. The number of rotatable bonds is 3. The Morgan fingerprint density at radius 3 is 1.50 bits per heavy atom. The third-order valence-electron chi connectivity index (χ3n) is 1.95. The standard InChI is InChI=1S/C9H19B/c1-6-7-10(8(2)3)9(4)5/h6-9H,1-5H3. The van der Waals surface area contributed by atoms with Crippen LogP contribution in [0.1, 0.15) is 34.6 Å². The number of hydrogen-bond donors (Lipinski definition) is 0. The van der Waals surface area contributed by atoms with Gasteiger partial charge in [-0.2, -0.15) is 0 Å². The molecule has 0 saturated heterocycles. The molecule has 0 fully saturated rings. The van der Waals surface area contributed by atoms with E-state index in [1.54, 1.807) is 0 Å². The number of hydrogen-bond acceptors (Lipinski definition) is 0. The molecule has 0 aliphatic carbocycles. The molecular formula is C9H19B. The molecule has 1 heteroatoms. The third-order valence-corrected chi connectivity index (χ3v) is 1.95. The Morgan fingerprint density at radius 1 is 1.00 bits per heavy atom. The molecule has 0 aliphatic rings. The topological polar surface area (TPSA) is 0 Å². The molecule has 0 nitrogen and oxygen atoms in total. The van der Waals surface area contributed by atoms with Gasteiger partial charge in [-0.15, -0.1) is 12.1 Å². The van der Waals surface area contributed by atoms with Crippen molar-refractivity contribution < 1.29 is 0 Å².